The molecule has 0 bridgehead atoms. The smallest absolute Gasteiger partial charge is 0.123 e. The lowest BCUT2D eigenvalue weighted by atomic mass is 10.1. The van der Waals surface area contributed by atoms with Gasteiger partial charge < -0.3 is 9.47 Å². The fraction of sp³-hybridized carbons (Fsp3) is 0.263. The molecular formula is C19H22O2. The molecule has 0 heterocycles. The van der Waals surface area contributed by atoms with E-state index < -0.39 is 0 Å². The van der Waals surface area contributed by atoms with Gasteiger partial charge in [0.05, 0.1) is 6.61 Å². The molecule has 2 heteroatoms. The van der Waals surface area contributed by atoms with Crippen LogP contribution in [0.4, 0.5) is 0 Å². The zero-order chi connectivity index (χ0) is 14.8. The van der Waals surface area contributed by atoms with Gasteiger partial charge in [0.1, 0.15) is 18.1 Å². The third-order valence-electron chi connectivity index (χ3n) is 3.14. The molecule has 2 rings (SSSR count). The minimum Gasteiger partial charge on any atom is -0.493 e. The molecule has 0 spiro atoms. The fourth-order valence-corrected chi connectivity index (χ4v) is 2.07. The van der Waals surface area contributed by atoms with E-state index in [0.717, 1.165) is 37.4 Å². The second-order valence-electron chi connectivity index (χ2n) is 4.87. The van der Waals surface area contributed by atoms with E-state index in [2.05, 4.69) is 30.8 Å². The number of ether oxygens (including phenoxy) is 2. The van der Waals surface area contributed by atoms with Crippen molar-refractivity contribution in [2.45, 2.75) is 19.3 Å². The topological polar surface area (TPSA) is 18.5 Å². The van der Waals surface area contributed by atoms with Crippen LogP contribution in [0.25, 0.3) is 0 Å². The summed E-state index contributed by atoms with van der Waals surface area (Å²) in [5, 5.41) is 0. The van der Waals surface area contributed by atoms with Gasteiger partial charge in [0.25, 0.3) is 0 Å². The lowest BCUT2D eigenvalue weighted by molar-refractivity contribution is 0.302. The van der Waals surface area contributed by atoms with Crippen molar-refractivity contribution in [2.75, 3.05) is 13.2 Å². The van der Waals surface area contributed by atoms with Gasteiger partial charge in [0.2, 0.25) is 0 Å². The van der Waals surface area contributed by atoms with E-state index in [1.54, 1.807) is 6.08 Å². The third kappa shape index (κ3) is 5.74. The van der Waals surface area contributed by atoms with Gasteiger partial charge >= 0.3 is 0 Å². The molecule has 0 fully saturated rings. The summed E-state index contributed by atoms with van der Waals surface area (Å²) in [5.74, 6) is 1.67. The number of rotatable bonds is 9. The average molecular weight is 282 g/mol. The van der Waals surface area contributed by atoms with Crippen LogP contribution in [0.2, 0.25) is 0 Å². The van der Waals surface area contributed by atoms with E-state index in [4.69, 9.17) is 9.47 Å². The molecule has 0 aliphatic rings. The monoisotopic (exact) mass is 282 g/mol. The molecule has 0 saturated carbocycles. The number of hydrogen-bond donors (Lipinski definition) is 0. The van der Waals surface area contributed by atoms with E-state index in [0.29, 0.717) is 6.61 Å². The number of aryl methyl sites for hydroxylation is 1. The maximum Gasteiger partial charge on any atom is 0.123 e. The van der Waals surface area contributed by atoms with Crippen molar-refractivity contribution in [1.29, 1.82) is 0 Å². The van der Waals surface area contributed by atoms with Gasteiger partial charge in [0.15, 0.2) is 0 Å². The largest absolute Gasteiger partial charge is 0.493 e. The van der Waals surface area contributed by atoms with Crippen LogP contribution in [-0.2, 0) is 6.42 Å². The Bertz CT molecular complexity index is 534. The molecule has 0 radical (unpaired) electrons. The maximum atomic E-state index is 5.76. The molecule has 21 heavy (non-hydrogen) atoms. The summed E-state index contributed by atoms with van der Waals surface area (Å²) in [6.07, 6.45) is 5.02. The van der Waals surface area contributed by atoms with Crippen LogP contribution in [0.3, 0.4) is 0 Å². The molecule has 0 atom stereocenters. The van der Waals surface area contributed by atoms with Crippen LogP contribution in [0.5, 0.6) is 11.5 Å². The van der Waals surface area contributed by atoms with Crippen molar-refractivity contribution in [1.82, 2.24) is 0 Å². The highest BCUT2D eigenvalue weighted by molar-refractivity contribution is 5.33. The highest BCUT2D eigenvalue weighted by atomic mass is 16.5. The van der Waals surface area contributed by atoms with Crippen LogP contribution < -0.4 is 9.47 Å². The lowest BCUT2D eigenvalue weighted by Gasteiger charge is -2.08. The zero-order valence-corrected chi connectivity index (χ0v) is 12.3. The predicted octanol–water partition coefficient (Wildman–Crippen LogP) is 4.65. The van der Waals surface area contributed by atoms with E-state index in [1.165, 1.54) is 5.56 Å². The third-order valence-corrected chi connectivity index (χ3v) is 3.14. The van der Waals surface area contributed by atoms with Crippen LogP contribution >= 0.6 is 0 Å². The number of hydrogen-bond acceptors (Lipinski definition) is 2. The van der Waals surface area contributed by atoms with Crippen LogP contribution in [0.15, 0.2) is 67.3 Å². The first-order chi connectivity index (χ1) is 10.4. The van der Waals surface area contributed by atoms with Crippen molar-refractivity contribution in [2.24, 2.45) is 0 Å². The first-order valence-electron chi connectivity index (χ1n) is 7.39. The van der Waals surface area contributed by atoms with Crippen molar-refractivity contribution < 1.29 is 9.47 Å². The van der Waals surface area contributed by atoms with E-state index >= 15 is 0 Å². The Morgan fingerprint density at radius 1 is 0.857 bits per heavy atom. The van der Waals surface area contributed by atoms with Crippen LogP contribution in [0.1, 0.15) is 18.4 Å². The Morgan fingerprint density at radius 3 is 2.38 bits per heavy atom. The van der Waals surface area contributed by atoms with Gasteiger partial charge in [-0.05, 0) is 37.0 Å². The molecule has 0 aliphatic carbocycles. The highest BCUT2D eigenvalue weighted by Crippen LogP contribution is 2.19. The second-order valence-corrected chi connectivity index (χ2v) is 4.87. The molecular weight excluding hydrogens is 260 g/mol. The second kappa shape index (κ2) is 8.85. The maximum absolute atomic E-state index is 5.76. The Labute approximate surface area is 127 Å². The SMILES string of the molecule is C=CCOc1cccc(OCCCCc2ccccc2)c1. The summed E-state index contributed by atoms with van der Waals surface area (Å²) in [6.45, 7) is 4.89. The summed E-state index contributed by atoms with van der Waals surface area (Å²) >= 11 is 0. The average Bonchev–Trinajstić information content (AvgIpc) is 2.54. The predicted molar refractivity (Wildman–Crippen MR) is 87.0 cm³/mol. The summed E-state index contributed by atoms with van der Waals surface area (Å²) in [4.78, 5) is 0. The van der Waals surface area contributed by atoms with E-state index in [1.807, 2.05) is 30.3 Å². The molecule has 0 N–H and O–H groups in total. The fourth-order valence-electron chi connectivity index (χ4n) is 2.07. The summed E-state index contributed by atoms with van der Waals surface area (Å²) in [7, 11) is 0. The molecule has 2 aromatic carbocycles. The summed E-state index contributed by atoms with van der Waals surface area (Å²) in [5.41, 5.74) is 1.39. The molecule has 2 nitrogen and oxygen atoms in total. The van der Waals surface area contributed by atoms with E-state index in [-0.39, 0.29) is 0 Å². The number of unbranched alkanes of at least 4 members (excludes halogenated alkanes) is 1. The Balaban J connectivity index is 1.67. The van der Waals surface area contributed by atoms with E-state index in [9.17, 15) is 0 Å². The Kier molecular flexibility index (Phi) is 6.40. The van der Waals surface area contributed by atoms with Gasteiger partial charge in [0, 0.05) is 6.07 Å². The minimum absolute atomic E-state index is 0.514. The quantitative estimate of drug-likeness (QED) is 0.492. The molecule has 0 amide bonds. The van der Waals surface area contributed by atoms with Crippen molar-refractivity contribution in [3.05, 3.63) is 72.8 Å². The molecule has 0 aromatic heterocycles. The minimum atomic E-state index is 0.514. The molecule has 110 valence electrons. The molecule has 0 unspecified atom stereocenters. The van der Waals surface area contributed by atoms with Crippen molar-refractivity contribution in [3.8, 4) is 11.5 Å². The molecule has 0 aliphatic heterocycles. The van der Waals surface area contributed by atoms with Crippen molar-refractivity contribution in [3.63, 3.8) is 0 Å². The summed E-state index contributed by atoms with van der Waals surface area (Å²) in [6, 6.07) is 18.3. The Hall–Kier alpha value is -2.22. The van der Waals surface area contributed by atoms with Gasteiger partial charge in [-0.15, -0.1) is 0 Å². The van der Waals surface area contributed by atoms with Crippen LogP contribution in [0, 0.1) is 0 Å². The standard InChI is InChI=1S/C19H22O2/c1-2-14-20-18-12-8-13-19(16-18)21-15-7-6-11-17-9-4-3-5-10-17/h2-5,8-10,12-13,16H,1,6-7,11,14-15H2. The highest BCUT2D eigenvalue weighted by Gasteiger charge is 1.98. The van der Waals surface area contributed by atoms with Crippen molar-refractivity contribution >= 4 is 0 Å². The molecule has 2 aromatic rings. The first-order valence-corrected chi connectivity index (χ1v) is 7.39. The van der Waals surface area contributed by atoms with Gasteiger partial charge in [-0.3, -0.25) is 0 Å². The summed E-state index contributed by atoms with van der Waals surface area (Å²) < 4.78 is 11.2. The Morgan fingerprint density at radius 2 is 1.62 bits per heavy atom. The van der Waals surface area contributed by atoms with Gasteiger partial charge in [-0.25, -0.2) is 0 Å². The van der Waals surface area contributed by atoms with Gasteiger partial charge in [-0.1, -0.05) is 49.1 Å². The van der Waals surface area contributed by atoms with Gasteiger partial charge in [-0.2, -0.15) is 0 Å². The normalized spacial score (nSPS) is 10.1. The lowest BCUT2D eigenvalue weighted by Crippen LogP contribution is -1.99. The zero-order valence-electron chi connectivity index (χ0n) is 12.3. The van der Waals surface area contributed by atoms with Crippen LogP contribution in [-0.4, -0.2) is 13.2 Å². The number of benzene rings is 2. The first kappa shape index (κ1) is 15.2. The molecule has 0 saturated heterocycles.